The van der Waals surface area contributed by atoms with E-state index in [1.165, 1.54) is 0 Å². The summed E-state index contributed by atoms with van der Waals surface area (Å²) < 4.78 is 0.887. The average Bonchev–Trinajstić information content (AvgIpc) is 2.76. The summed E-state index contributed by atoms with van der Waals surface area (Å²) in [6.45, 7) is 0. The van der Waals surface area contributed by atoms with Gasteiger partial charge in [0.15, 0.2) is 0 Å². The Morgan fingerprint density at radius 1 is 1.14 bits per heavy atom. The number of nitrogens with one attached hydrogen (secondary N) is 1. The van der Waals surface area contributed by atoms with Crippen LogP contribution in [0.1, 0.15) is 22.7 Å². The van der Waals surface area contributed by atoms with Crippen molar-refractivity contribution in [2.24, 2.45) is 5.73 Å². The molecule has 0 spiro atoms. The van der Waals surface area contributed by atoms with E-state index in [9.17, 15) is 4.79 Å². The molecule has 6 heteroatoms. The Morgan fingerprint density at radius 3 is 2.57 bits per heavy atom. The third-order valence-corrected chi connectivity index (χ3v) is 4.63. The number of hydrogen-bond acceptors (Lipinski definition) is 2. The molecule has 0 fully saturated rings. The number of benzene rings is 2. The molecule has 0 saturated heterocycles. The van der Waals surface area contributed by atoms with E-state index in [-0.39, 0.29) is 5.91 Å². The van der Waals surface area contributed by atoms with Crippen LogP contribution in [0.2, 0.25) is 10.0 Å². The summed E-state index contributed by atoms with van der Waals surface area (Å²) in [6, 6.07) is 8.71. The largest absolute Gasteiger partial charge is 0.325 e. The van der Waals surface area contributed by atoms with E-state index < -0.39 is 6.04 Å². The van der Waals surface area contributed by atoms with Gasteiger partial charge < -0.3 is 11.1 Å². The lowest BCUT2D eigenvalue weighted by atomic mass is 9.97. The average molecular weight is 386 g/mol. The highest BCUT2D eigenvalue weighted by atomic mass is 79.9. The fourth-order valence-electron chi connectivity index (χ4n) is 2.43. The fraction of sp³-hybridized carbons (Fsp3) is 0.133. The van der Waals surface area contributed by atoms with Crippen LogP contribution in [0.25, 0.3) is 0 Å². The molecule has 0 bridgehead atoms. The molecule has 1 amide bonds. The molecule has 1 unspecified atom stereocenters. The Hall–Kier alpha value is -1.07. The normalized spacial score (nSPS) is 14.8. The number of anilines is 1. The summed E-state index contributed by atoms with van der Waals surface area (Å²) in [7, 11) is 0. The summed E-state index contributed by atoms with van der Waals surface area (Å²) in [6.07, 6.45) is 0.348. The van der Waals surface area contributed by atoms with Crippen molar-refractivity contribution in [1.29, 1.82) is 0 Å². The van der Waals surface area contributed by atoms with Gasteiger partial charge in [-0.15, -0.1) is 0 Å². The van der Waals surface area contributed by atoms with Gasteiger partial charge in [-0.3, -0.25) is 4.79 Å². The second-order valence-electron chi connectivity index (χ2n) is 4.90. The van der Waals surface area contributed by atoms with Gasteiger partial charge in [-0.25, -0.2) is 0 Å². The van der Waals surface area contributed by atoms with Gasteiger partial charge in [-0.2, -0.15) is 0 Å². The second kappa shape index (κ2) is 5.61. The molecule has 3 rings (SSSR count). The van der Waals surface area contributed by atoms with E-state index in [0.717, 1.165) is 26.9 Å². The number of hydrogen-bond donors (Lipinski definition) is 2. The molecule has 2 aromatic rings. The Labute approximate surface area is 140 Å². The van der Waals surface area contributed by atoms with Crippen molar-refractivity contribution in [3.8, 4) is 0 Å². The van der Waals surface area contributed by atoms with E-state index in [0.29, 0.717) is 16.5 Å². The lowest BCUT2D eigenvalue weighted by Gasteiger charge is -2.17. The summed E-state index contributed by atoms with van der Waals surface area (Å²) in [5, 5.41) is 3.85. The van der Waals surface area contributed by atoms with Gasteiger partial charge in [0.2, 0.25) is 5.91 Å². The molecule has 0 aliphatic carbocycles. The van der Waals surface area contributed by atoms with Gasteiger partial charge in [0.25, 0.3) is 0 Å². The molecule has 1 aliphatic rings. The number of rotatable bonds is 2. The van der Waals surface area contributed by atoms with Crippen molar-refractivity contribution in [3.63, 3.8) is 0 Å². The molecule has 108 valence electrons. The Balaban J connectivity index is 2.04. The van der Waals surface area contributed by atoms with Crippen LogP contribution in [-0.2, 0) is 11.2 Å². The molecule has 3 N–H and O–H groups in total. The highest BCUT2D eigenvalue weighted by molar-refractivity contribution is 9.10. The van der Waals surface area contributed by atoms with E-state index in [1.54, 1.807) is 12.1 Å². The maximum atomic E-state index is 11.4. The van der Waals surface area contributed by atoms with Gasteiger partial charge in [-0.1, -0.05) is 45.2 Å². The number of fused-ring (bicyclic) bond motifs is 1. The Morgan fingerprint density at radius 2 is 1.86 bits per heavy atom. The minimum atomic E-state index is -0.445. The zero-order valence-electron chi connectivity index (χ0n) is 10.8. The number of amides is 1. The van der Waals surface area contributed by atoms with Gasteiger partial charge >= 0.3 is 0 Å². The van der Waals surface area contributed by atoms with E-state index in [4.69, 9.17) is 28.9 Å². The third-order valence-electron chi connectivity index (χ3n) is 3.48. The highest BCUT2D eigenvalue weighted by Gasteiger charge is 2.23. The quantitative estimate of drug-likeness (QED) is 0.809. The van der Waals surface area contributed by atoms with Gasteiger partial charge in [0.1, 0.15) is 0 Å². The molecular weight excluding hydrogens is 375 g/mol. The smallest absolute Gasteiger partial charge is 0.228 e. The van der Waals surface area contributed by atoms with Crippen molar-refractivity contribution < 1.29 is 4.79 Å². The van der Waals surface area contributed by atoms with Crippen LogP contribution in [0.15, 0.2) is 34.8 Å². The summed E-state index contributed by atoms with van der Waals surface area (Å²) in [4.78, 5) is 11.4. The van der Waals surface area contributed by atoms with Crippen LogP contribution in [-0.4, -0.2) is 5.91 Å². The zero-order valence-corrected chi connectivity index (χ0v) is 13.9. The molecule has 1 atom stereocenters. The van der Waals surface area contributed by atoms with Crippen LogP contribution < -0.4 is 11.1 Å². The first-order valence-corrected chi connectivity index (χ1v) is 7.83. The van der Waals surface area contributed by atoms with Crippen LogP contribution in [0, 0.1) is 0 Å². The molecule has 1 aliphatic heterocycles. The maximum absolute atomic E-state index is 11.4. The molecule has 1 heterocycles. The van der Waals surface area contributed by atoms with Gasteiger partial charge in [0, 0.05) is 20.2 Å². The molecule has 21 heavy (non-hydrogen) atoms. The van der Waals surface area contributed by atoms with Crippen LogP contribution in [0.4, 0.5) is 5.69 Å². The number of carbonyl (C=O) groups is 1. The molecule has 3 nitrogen and oxygen atoms in total. The number of nitrogens with two attached hydrogens (primary N) is 1. The highest BCUT2D eigenvalue weighted by Crippen LogP contribution is 2.36. The van der Waals surface area contributed by atoms with E-state index in [1.807, 2.05) is 18.2 Å². The second-order valence-corrected chi connectivity index (χ2v) is 6.63. The van der Waals surface area contributed by atoms with Crippen molar-refractivity contribution in [1.82, 2.24) is 0 Å². The number of halogens is 3. The standard InChI is InChI=1S/C15H11BrCl2N2O/c16-8-1-2-9(11(17)5-8)15(19)10-3-7-4-14(21)20-13(7)6-12(10)18/h1-3,5-6,15H,4,19H2,(H,20,21). The summed E-state index contributed by atoms with van der Waals surface area (Å²) >= 11 is 15.9. The van der Waals surface area contributed by atoms with Gasteiger partial charge in [-0.05, 0) is 41.0 Å². The first-order chi connectivity index (χ1) is 9.95. The zero-order chi connectivity index (χ0) is 15.1. The molecule has 2 aromatic carbocycles. The Bertz CT molecular complexity index is 749. The third kappa shape index (κ3) is 2.81. The predicted molar refractivity (Wildman–Crippen MR) is 89.0 cm³/mol. The minimum Gasteiger partial charge on any atom is -0.325 e. The van der Waals surface area contributed by atoms with Crippen molar-refractivity contribution >= 4 is 50.7 Å². The van der Waals surface area contributed by atoms with Crippen molar-refractivity contribution in [2.45, 2.75) is 12.5 Å². The molecular formula is C15H11BrCl2N2O. The van der Waals surface area contributed by atoms with Gasteiger partial charge in [0.05, 0.1) is 12.5 Å². The first-order valence-electron chi connectivity index (χ1n) is 6.28. The summed E-state index contributed by atoms with van der Waals surface area (Å²) in [5.74, 6) is -0.0338. The monoisotopic (exact) mass is 384 g/mol. The Kier molecular flexibility index (Phi) is 3.97. The summed E-state index contributed by atoms with van der Waals surface area (Å²) in [5.41, 5.74) is 9.52. The lowest BCUT2D eigenvalue weighted by molar-refractivity contribution is -0.115. The minimum absolute atomic E-state index is 0.0338. The number of carbonyl (C=O) groups excluding carboxylic acids is 1. The maximum Gasteiger partial charge on any atom is 0.228 e. The lowest BCUT2D eigenvalue weighted by Crippen LogP contribution is -2.13. The molecule has 0 saturated carbocycles. The predicted octanol–water partition coefficient (Wildman–Crippen LogP) is 4.30. The van der Waals surface area contributed by atoms with E-state index in [2.05, 4.69) is 21.2 Å². The van der Waals surface area contributed by atoms with E-state index >= 15 is 0 Å². The van der Waals surface area contributed by atoms with Crippen molar-refractivity contribution in [3.05, 3.63) is 61.5 Å². The van der Waals surface area contributed by atoms with Crippen LogP contribution in [0.5, 0.6) is 0 Å². The van der Waals surface area contributed by atoms with Crippen molar-refractivity contribution in [2.75, 3.05) is 5.32 Å². The topological polar surface area (TPSA) is 55.1 Å². The molecule has 0 aromatic heterocycles. The van der Waals surface area contributed by atoms with Crippen LogP contribution >= 0.6 is 39.1 Å². The van der Waals surface area contributed by atoms with Crippen LogP contribution in [0.3, 0.4) is 0 Å². The SMILES string of the molecule is NC(c1ccc(Br)cc1Cl)c1cc2c(cc1Cl)NC(=O)C2. The fourth-order valence-corrected chi connectivity index (χ4v) is 3.50. The first kappa shape index (κ1) is 14.9. The molecule has 0 radical (unpaired) electrons.